The lowest BCUT2D eigenvalue weighted by Gasteiger charge is -2.06. The number of carbonyl (C=O) groups excluding carboxylic acids is 7. The first-order valence-electron chi connectivity index (χ1n) is 54.6. The van der Waals surface area contributed by atoms with E-state index in [-0.39, 0.29) is 41.1 Å². The third kappa shape index (κ3) is 91.3. The van der Waals surface area contributed by atoms with Gasteiger partial charge in [0.15, 0.2) is 0 Å². The molecule has 0 radical (unpaired) electrons. The van der Waals surface area contributed by atoms with Gasteiger partial charge in [-0.2, -0.15) is 0 Å². The maximum atomic E-state index is 12.0. The molecule has 2 aromatic carbocycles. The molecule has 2 aromatic rings. The van der Waals surface area contributed by atoms with Crippen molar-refractivity contribution in [2.75, 3.05) is 40.3 Å². The molecular formula is C114H195ClO19. The minimum Gasteiger partial charge on any atom is -0.469 e. The molecule has 0 spiro atoms. The molecule has 0 aliphatic carbocycles. The van der Waals surface area contributed by atoms with Crippen LogP contribution in [0.5, 0.6) is 0 Å². The van der Waals surface area contributed by atoms with Gasteiger partial charge < -0.3 is 58.0 Å². The van der Waals surface area contributed by atoms with Crippen LogP contribution in [0.1, 0.15) is 494 Å². The van der Waals surface area contributed by atoms with Gasteiger partial charge in [-0.15, -0.1) is 0 Å². The number of ether oxygens (including phenoxy) is 9. The molecule has 19 nitrogen and oxygen atoms in total. The second kappa shape index (κ2) is 98.8. The summed E-state index contributed by atoms with van der Waals surface area (Å²) in [6.07, 6.45) is 95.4. The molecular weight excluding hydrogens is 1710 g/mol. The summed E-state index contributed by atoms with van der Waals surface area (Å²) >= 11 is 5.28. The van der Waals surface area contributed by atoms with Crippen molar-refractivity contribution in [1.29, 1.82) is 0 Å². The largest absolute Gasteiger partial charge is 0.469 e. The van der Waals surface area contributed by atoms with Crippen molar-refractivity contribution < 1.29 is 91.5 Å². The van der Waals surface area contributed by atoms with E-state index in [2.05, 4.69) is 62.0 Å². The maximum Gasteiger partial charge on any atom is 0.306 e. The van der Waals surface area contributed by atoms with Crippen molar-refractivity contribution in [2.45, 2.75) is 533 Å². The number of carbonyl (C=O) groups is 7. The topological polar surface area (TPSA) is 273 Å². The smallest absolute Gasteiger partial charge is 0.306 e. The number of epoxide rings is 3. The summed E-state index contributed by atoms with van der Waals surface area (Å²) in [6, 6.07) is 19.5. The Kier molecular flexibility index (Phi) is 93.0. The normalized spacial score (nSPS) is 15.6. The maximum absolute atomic E-state index is 12.0. The van der Waals surface area contributed by atoms with E-state index in [0.29, 0.717) is 121 Å². The number of unbranched alkanes of at least 4 members (excludes halogenated alkanes) is 49. The Bertz CT molecular complexity index is 3060. The highest BCUT2D eigenvalue weighted by Crippen LogP contribution is 2.33. The summed E-state index contributed by atoms with van der Waals surface area (Å²) in [5, 5.41) is 22.8. The molecule has 5 rings (SSSR count). The van der Waals surface area contributed by atoms with Crippen molar-refractivity contribution in [3.63, 3.8) is 0 Å². The lowest BCUT2D eigenvalue weighted by Crippen LogP contribution is -2.05. The Hall–Kier alpha value is -5.80. The molecule has 0 aromatic heterocycles. The lowest BCUT2D eigenvalue weighted by molar-refractivity contribution is -0.146. The molecule has 6 atom stereocenters. The van der Waals surface area contributed by atoms with Crippen molar-refractivity contribution >= 4 is 52.7 Å². The summed E-state index contributed by atoms with van der Waals surface area (Å²) in [5.74, 6) is -0.428. The number of methoxy groups -OCH3 is 1. The van der Waals surface area contributed by atoms with Gasteiger partial charge in [0.05, 0.1) is 63.6 Å². The van der Waals surface area contributed by atoms with Crippen molar-refractivity contribution in [3.05, 3.63) is 108 Å². The number of allylic oxidation sites excluding steroid dienone is 3. The van der Waals surface area contributed by atoms with Crippen LogP contribution in [0.3, 0.4) is 0 Å². The van der Waals surface area contributed by atoms with Gasteiger partial charge in [-0.3, -0.25) is 33.6 Å². The predicted molar refractivity (Wildman–Crippen MR) is 547 cm³/mol. The van der Waals surface area contributed by atoms with E-state index in [1.807, 2.05) is 60.7 Å². The predicted octanol–water partition coefficient (Wildman–Crippen LogP) is 30.0. The van der Waals surface area contributed by atoms with E-state index in [4.69, 9.17) is 64.8 Å². The molecule has 134 heavy (non-hydrogen) atoms. The molecule has 3 N–H and O–H groups in total. The van der Waals surface area contributed by atoms with Crippen LogP contribution in [0.2, 0.25) is 0 Å². The molecule has 3 aliphatic heterocycles. The van der Waals surface area contributed by atoms with E-state index in [9.17, 15) is 33.6 Å². The number of hydrogen-bond acceptors (Lipinski definition) is 19. The van der Waals surface area contributed by atoms with Crippen LogP contribution in [-0.4, -0.2) is 133 Å². The Balaban J connectivity index is 0.000000951. The lowest BCUT2D eigenvalue weighted by atomic mass is 10.1. The van der Waals surface area contributed by atoms with Gasteiger partial charge in [-0.05, 0) is 170 Å². The van der Waals surface area contributed by atoms with Crippen LogP contribution in [0, 0.1) is 0 Å². The standard InChI is InChI=1S/C47H78O7.C28H52O4.C19H27ClO3.C19H34O3.CH4O2/c1-2-3-23-34-43-44(54-43)35-26-16-10-4-5-11-17-27-36-45(48)51-39-30-20-14-8-9-15-21-31-40-52-46(49)37-28-18-12-6-7-13-19-29-38-47(50)53-41-42-32-24-22-25-33-42;1-2-3-16-21-26-27(32-26)22-17-12-8-4-5-9-13-18-23-28(30)31-25-20-15-11-7-6-10-14-19-24-29;20-18(21)14-10-5-3-1-2-4-6-11-15-19(22)23-16-17-12-8-7-9-13-17;1-3-4-11-14-17-18(22-17)15-12-9-7-5-6-8-10-13-16-19(20)21-2;2-1-3/h16,22,24-26,32-33,43-44H,2-15,17-21,23,27-31,34-41H2,1H3;12,17,26-27,29H,2-11,13-16,18-25H2,1H3;7-9,12-13H,1-6,10-11,14-16H2;9,12,17-18H,3-8,10-11,13-16H2,1-2H3;2-3H,1H2/b26-16-;17-12-;;12-9-;. The number of aliphatic hydroxyl groups is 3. The number of aliphatic hydroxyl groups excluding tert-OH is 2. The van der Waals surface area contributed by atoms with Crippen molar-refractivity contribution in [1.82, 2.24) is 0 Å². The fourth-order valence-electron chi connectivity index (χ4n) is 16.2. The van der Waals surface area contributed by atoms with E-state index in [0.717, 1.165) is 210 Å². The third-order valence-corrected chi connectivity index (χ3v) is 25.0. The first kappa shape index (κ1) is 126. The number of rotatable bonds is 89. The quantitative estimate of drug-likeness (QED) is 0.0106. The van der Waals surface area contributed by atoms with Crippen molar-refractivity contribution in [2.24, 2.45) is 0 Å². The van der Waals surface area contributed by atoms with Gasteiger partial charge in [0, 0.05) is 51.6 Å². The number of halogens is 1. The summed E-state index contributed by atoms with van der Waals surface area (Å²) in [4.78, 5) is 80.8. The summed E-state index contributed by atoms with van der Waals surface area (Å²) in [5.41, 5.74) is 2.05. The highest BCUT2D eigenvalue weighted by Gasteiger charge is 2.38. The Labute approximate surface area is 820 Å². The minimum atomic E-state index is -0.750. The molecule has 3 fully saturated rings. The SMILES string of the molecule is CCCCCC1OC1C/C=C\CCCCCCCC(=O)OC.CCCCCC1OC1C/C=C\CCCCCCCC(=O)OCCCCCCCCCCO.CCCCCC1OC1C/C=C\CCCCCCCC(=O)OCCCCCCCCCCOC(=O)CCCCCCCCCCC(=O)OCc1ccccc1.O=C(Cl)CCCCCCCCCCC(=O)OCc1ccccc1.OCO. The van der Waals surface area contributed by atoms with Crippen LogP contribution in [0.25, 0.3) is 0 Å². The highest BCUT2D eigenvalue weighted by molar-refractivity contribution is 6.63. The van der Waals surface area contributed by atoms with Crippen LogP contribution in [-0.2, 0) is 89.4 Å². The summed E-state index contributed by atoms with van der Waals surface area (Å²) < 4.78 is 48.5. The second-order valence-corrected chi connectivity index (χ2v) is 37.7. The average Bonchev–Trinajstić information content (AvgIpc) is 1.72. The highest BCUT2D eigenvalue weighted by atomic mass is 35.5. The minimum absolute atomic E-state index is 0.0211. The summed E-state index contributed by atoms with van der Waals surface area (Å²) in [6.45, 7) is 8.71. The Morgan fingerprint density at radius 1 is 0.276 bits per heavy atom. The molecule has 772 valence electrons. The van der Waals surface area contributed by atoms with Crippen LogP contribution in [0.15, 0.2) is 97.1 Å². The summed E-state index contributed by atoms with van der Waals surface area (Å²) in [7, 11) is 1.45. The molecule has 3 aliphatic rings. The van der Waals surface area contributed by atoms with E-state index >= 15 is 0 Å². The van der Waals surface area contributed by atoms with Gasteiger partial charge >= 0.3 is 35.8 Å². The van der Waals surface area contributed by atoms with Crippen molar-refractivity contribution in [3.8, 4) is 0 Å². The number of benzene rings is 2. The van der Waals surface area contributed by atoms with Crippen LogP contribution in [0.4, 0.5) is 0 Å². The molecule has 3 saturated heterocycles. The second-order valence-electron chi connectivity index (χ2n) is 37.2. The van der Waals surface area contributed by atoms with Crippen LogP contribution < -0.4 is 0 Å². The molecule has 0 saturated carbocycles. The molecule has 6 unspecified atom stereocenters. The first-order valence-corrected chi connectivity index (χ1v) is 55.0. The average molecular weight is 1910 g/mol. The number of esters is 6. The molecule has 0 amide bonds. The number of hydrogen-bond donors (Lipinski definition) is 3. The van der Waals surface area contributed by atoms with E-state index in [1.54, 1.807) is 0 Å². The molecule has 0 bridgehead atoms. The zero-order valence-corrected chi connectivity index (χ0v) is 86.1. The Morgan fingerprint density at radius 2 is 0.507 bits per heavy atom. The fourth-order valence-corrected chi connectivity index (χ4v) is 16.3. The zero-order valence-electron chi connectivity index (χ0n) is 85.3. The monoisotopic (exact) mass is 1900 g/mol. The van der Waals surface area contributed by atoms with Gasteiger partial charge in [0.25, 0.3) is 0 Å². The van der Waals surface area contributed by atoms with Gasteiger partial charge in [0.2, 0.25) is 5.24 Å². The van der Waals surface area contributed by atoms with Gasteiger partial charge in [-0.1, -0.05) is 388 Å². The Morgan fingerprint density at radius 3 is 0.761 bits per heavy atom. The van der Waals surface area contributed by atoms with Gasteiger partial charge in [-0.25, -0.2) is 0 Å². The molecule has 20 heteroatoms. The van der Waals surface area contributed by atoms with E-state index < -0.39 is 6.79 Å². The fraction of sp³-hybridized carbons (Fsp3) is 0.781. The van der Waals surface area contributed by atoms with Crippen LogP contribution >= 0.6 is 11.6 Å². The zero-order chi connectivity index (χ0) is 97.2. The first-order chi connectivity index (χ1) is 65.7. The molecule has 3 heterocycles. The van der Waals surface area contributed by atoms with E-state index in [1.165, 1.54) is 225 Å². The third-order valence-electron chi connectivity index (χ3n) is 24.8. The van der Waals surface area contributed by atoms with Gasteiger partial charge in [0.1, 0.15) is 20.0 Å².